The van der Waals surface area contributed by atoms with Gasteiger partial charge in [-0.1, -0.05) is 48.5 Å². The number of nitrogens with zero attached hydrogens (tertiary/aromatic N) is 1. The number of rotatable bonds is 4. The number of carbonyl (C=O) groups is 1. The van der Waals surface area contributed by atoms with E-state index in [1.807, 2.05) is 42.5 Å². The highest BCUT2D eigenvalue weighted by molar-refractivity contribution is 7.94. The molecule has 0 radical (unpaired) electrons. The maximum atomic E-state index is 12.6. The van der Waals surface area contributed by atoms with Crippen LogP contribution in [0.3, 0.4) is 0 Å². The van der Waals surface area contributed by atoms with Gasteiger partial charge in [0.1, 0.15) is 5.75 Å². The van der Waals surface area contributed by atoms with Gasteiger partial charge in [-0.3, -0.25) is 4.79 Å². The number of hydrogen-bond donors (Lipinski definition) is 0. The van der Waals surface area contributed by atoms with E-state index < -0.39 is 21.4 Å². The van der Waals surface area contributed by atoms with E-state index in [4.69, 9.17) is 0 Å². The molecule has 6 heteroatoms. The molecule has 124 valence electrons. The number of Topliss-reactive ketones (excluding diaryl/α,β-unsaturated/α-hetero) is 1. The number of para-hydroxylation sites is 1. The van der Waals surface area contributed by atoms with Crippen molar-refractivity contribution in [1.29, 1.82) is 0 Å². The van der Waals surface area contributed by atoms with Crippen LogP contribution in [0.15, 0.2) is 71.1 Å². The number of aromatic nitrogens is 1. The van der Waals surface area contributed by atoms with E-state index in [-0.39, 0.29) is 4.34 Å². The van der Waals surface area contributed by atoms with Gasteiger partial charge in [0.05, 0.1) is 10.2 Å². The zero-order valence-corrected chi connectivity index (χ0v) is 14.7. The Morgan fingerprint density at radius 1 is 0.920 bits per heavy atom. The highest BCUT2D eigenvalue weighted by atomic mass is 32.2. The molecule has 1 aromatic heterocycles. The van der Waals surface area contributed by atoms with Gasteiger partial charge in [0.15, 0.2) is 5.78 Å². The summed E-state index contributed by atoms with van der Waals surface area (Å²) in [5.74, 6) is -1.00. The van der Waals surface area contributed by atoms with Gasteiger partial charge in [-0.15, -0.1) is 11.3 Å². The van der Waals surface area contributed by atoms with Crippen molar-refractivity contribution in [2.24, 2.45) is 0 Å². The molecule has 0 N–H and O–H groups in total. The van der Waals surface area contributed by atoms with Crippen molar-refractivity contribution >= 4 is 47.9 Å². The Labute approximate surface area is 148 Å². The molecular weight excluding hydrogens is 354 g/mol. The van der Waals surface area contributed by atoms with Crippen LogP contribution in [-0.4, -0.2) is 24.9 Å². The summed E-state index contributed by atoms with van der Waals surface area (Å²) in [6, 6.07) is 20.1. The third-order valence-electron chi connectivity index (χ3n) is 3.93. The molecule has 3 aromatic carbocycles. The number of thiazole rings is 1. The predicted molar refractivity (Wildman–Crippen MR) is 100.0 cm³/mol. The average molecular weight is 367 g/mol. The molecule has 0 unspecified atom stereocenters. The average Bonchev–Trinajstić information content (AvgIpc) is 3.06. The summed E-state index contributed by atoms with van der Waals surface area (Å²) >= 11 is 1.09. The monoisotopic (exact) mass is 367 g/mol. The van der Waals surface area contributed by atoms with E-state index in [0.717, 1.165) is 26.8 Å². The first-order valence-electron chi connectivity index (χ1n) is 7.63. The molecule has 25 heavy (non-hydrogen) atoms. The quantitative estimate of drug-likeness (QED) is 0.509. The maximum Gasteiger partial charge on any atom is 0.212 e. The molecule has 0 spiro atoms. The number of fused-ring (bicyclic) bond motifs is 2. The lowest BCUT2D eigenvalue weighted by molar-refractivity contribution is 0.102. The smallest absolute Gasteiger partial charge is 0.212 e. The van der Waals surface area contributed by atoms with Crippen molar-refractivity contribution in [2.75, 3.05) is 5.75 Å². The Balaban J connectivity index is 1.65. The number of benzene rings is 3. The summed E-state index contributed by atoms with van der Waals surface area (Å²) in [5.41, 5.74) is 1.02. The first-order valence-corrected chi connectivity index (χ1v) is 10.1. The summed E-state index contributed by atoms with van der Waals surface area (Å²) in [5, 5.41) is 1.92. The fourth-order valence-electron chi connectivity index (χ4n) is 2.66. The van der Waals surface area contributed by atoms with E-state index >= 15 is 0 Å². The minimum absolute atomic E-state index is 0.0113. The molecule has 0 saturated heterocycles. The molecule has 0 bridgehead atoms. The number of carbonyl (C=O) groups excluding carboxylic acids is 1. The van der Waals surface area contributed by atoms with Crippen molar-refractivity contribution in [2.45, 2.75) is 4.34 Å². The third kappa shape index (κ3) is 3.06. The van der Waals surface area contributed by atoms with Gasteiger partial charge in [-0.2, -0.15) is 0 Å². The second-order valence-electron chi connectivity index (χ2n) is 5.69. The second-order valence-corrected chi connectivity index (χ2v) is 8.89. The van der Waals surface area contributed by atoms with Gasteiger partial charge >= 0.3 is 0 Å². The lowest BCUT2D eigenvalue weighted by Crippen LogP contribution is -2.16. The molecule has 0 aliphatic carbocycles. The van der Waals surface area contributed by atoms with Gasteiger partial charge in [-0.05, 0) is 29.0 Å². The van der Waals surface area contributed by atoms with E-state index in [9.17, 15) is 13.2 Å². The van der Waals surface area contributed by atoms with Crippen LogP contribution >= 0.6 is 11.3 Å². The highest BCUT2D eigenvalue weighted by Gasteiger charge is 2.24. The molecule has 0 saturated carbocycles. The fraction of sp³-hybridized carbons (Fsp3) is 0.0526. The molecule has 0 atom stereocenters. The van der Waals surface area contributed by atoms with Crippen LogP contribution in [0.4, 0.5) is 0 Å². The van der Waals surface area contributed by atoms with E-state index in [1.165, 1.54) is 0 Å². The summed E-state index contributed by atoms with van der Waals surface area (Å²) < 4.78 is 25.9. The second kappa shape index (κ2) is 6.06. The Morgan fingerprint density at radius 3 is 2.44 bits per heavy atom. The van der Waals surface area contributed by atoms with Crippen LogP contribution in [-0.2, 0) is 9.84 Å². The van der Waals surface area contributed by atoms with Crippen molar-refractivity contribution in [3.05, 3.63) is 72.3 Å². The number of sulfone groups is 1. The first kappa shape index (κ1) is 15.9. The Kier molecular flexibility index (Phi) is 3.86. The van der Waals surface area contributed by atoms with Crippen molar-refractivity contribution in [3.8, 4) is 0 Å². The Morgan fingerprint density at radius 2 is 1.64 bits per heavy atom. The lowest BCUT2D eigenvalue weighted by Gasteiger charge is -2.03. The standard InChI is InChI=1S/C19H13NO3S2/c21-17(15-10-9-13-5-1-2-6-14(13)11-15)12-25(22,23)19-20-16-7-3-4-8-18(16)24-19/h1-11H,12H2. The summed E-state index contributed by atoms with van der Waals surface area (Å²) in [4.78, 5) is 16.6. The number of hydrogen-bond acceptors (Lipinski definition) is 5. The minimum Gasteiger partial charge on any atom is -0.293 e. The third-order valence-corrected chi connectivity index (χ3v) is 7.04. The summed E-state index contributed by atoms with van der Waals surface area (Å²) in [7, 11) is -3.76. The Hall–Kier alpha value is -2.57. The largest absolute Gasteiger partial charge is 0.293 e. The fourth-order valence-corrected chi connectivity index (χ4v) is 5.19. The van der Waals surface area contributed by atoms with Crippen molar-refractivity contribution in [1.82, 2.24) is 4.98 Å². The first-order chi connectivity index (χ1) is 12.0. The van der Waals surface area contributed by atoms with E-state index in [0.29, 0.717) is 11.1 Å². The van der Waals surface area contributed by atoms with Crippen LogP contribution in [0, 0.1) is 0 Å². The van der Waals surface area contributed by atoms with Gasteiger partial charge in [0.25, 0.3) is 0 Å². The summed E-state index contributed by atoms with van der Waals surface area (Å²) in [6.45, 7) is 0. The van der Waals surface area contributed by atoms with Gasteiger partial charge in [0, 0.05) is 5.56 Å². The minimum atomic E-state index is -3.76. The van der Waals surface area contributed by atoms with Gasteiger partial charge in [-0.25, -0.2) is 13.4 Å². The zero-order valence-electron chi connectivity index (χ0n) is 13.0. The SMILES string of the molecule is O=C(CS(=O)(=O)c1nc2ccccc2s1)c1ccc2ccccc2c1. The van der Waals surface area contributed by atoms with Crippen LogP contribution < -0.4 is 0 Å². The van der Waals surface area contributed by atoms with Crippen LogP contribution in [0.25, 0.3) is 21.0 Å². The van der Waals surface area contributed by atoms with Gasteiger partial charge < -0.3 is 0 Å². The molecule has 0 amide bonds. The van der Waals surface area contributed by atoms with Crippen molar-refractivity contribution in [3.63, 3.8) is 0 Å². The molecule has 1 heterocycles. The van der Waals surface area contributed by atoms with Crippen LogP contribution in [0.1, 0.15) is 10.4 Å². The molecule has 4 rings (SSSR count). The normalized spacial score (nSPS) is 11.8. The number of ketones is 1. The lowest BCUT2D eigenvalue weighted by atomic mass is 10.1. The van der Waals surface area contributed by atoms with Gasteiger partial charge in [0.2, 0.25) is 14.2 Å². The van der Waals surface area contributed by atoms with Crippen LogP contribution in [0.5, 0.6) is 0 Å². The van der Waals surface area contributed by atoms with Crippen LogP contribution in [0.2, 0.25) is 0 Å². The Bertz CT molecular complexity index is 1180. The summed E-state index contributed by atoms with van der Waals surface area (Å²) in [6.07, 6.45) is 0. The zero-order chi connectivity index (χ0) is 17.4. The highest BCUT2D eigenvalue weighted by Crippen LogP contribution is 2.26. The van der Waals surface area contributed by atoms with Crippen molar-refractivity contribution < 1.29 is 13.2 Å². The molecule has 4 aromatic rings. The molecule has 0 aliphatic heterocycles. The molecule has 0 fully saturated rings. The van der Waals surface area contributed by atoms with E-state index in [2.05, 4.69) is 4.98 Å². The predicted octanol–water partition coefficient (Wildman–Crippen LogP) is 4.11. The molecular formula is C19H13NO3S2. The maximum absolute atomic E-state index is 12.6. The topological polar surface area (TPSA) is 64.1 Å². The molecule has 4 nitrogen and oxygen atoms in total. The van der Waals surface area contributed by atoms with E-state index in [1.54, 1.807) is 24.3 Å². The molecule has 0 aliphatic rings.